The maximum atomic E-state index is 12.9. The predicted octanol–water partition coefficient (Wildman–Crippen LogP) is 2.45. The standard InChI is InChI=1S/C22H21N3O6/c1-3-30-19-11-14(4-9-18(19)31-12-20(23)26)10-17-13(2)24-25(21(17)27)16-7-5-15(6-8-16)22(28)29/h4-11H,3,12H2,1-2H3,(H2,23,26)(H,28,29). The summed E-state index contributed by atoms with van der Waals surface area (Å²) in [6.45, 7) is 3.63. The van der Waals surface area contributed by atoms with E-state index in [1.165, 1.54) is 29.3 Å². The summed E-state index contributed by atoms with van der Waals surface area (Å²) in [7, 11) is 0. The number of carbonyl (C=O) groups is 3. The Morgan fingerprint density at radius 2 is 1.84 bits per heavy atom. The van der Waals surface area contributed by atoms with Gasteiger partial charge in [-0.1, -0.05) is 6.07 Å². The average Bonchev–Trinajstić information content (AvgIpc) is 3.01. The van der Waals surface area contributed by atoms with Crippen LogP contribution in [-0.2, 0) is 9.59 Å². The highest BCUT2D eigenvalue weighted by Crippen LogP contribution is 2.31. The average molecular weight is 423 g/mol. The van der Waals surface area contributed by atoms with E-state index in [9.17, 15) is 14.4 Å². The number of amides is 2. The highest BCUT2D eigenvalue weighted by Gasteiger charge is 2.29. The van der Waals surface area contributed by atoms with Gasteiger partial charge in [0.2, 0.25) is 0 Å². The number of hydrogen-bond acceptors (Lipinski definition) is 6. The van der Waals surface area contributed by atoms with Crippen molar-refractivity contribution in [2.75, 3.05) is 18.2 Å². The molecule has 0 radical (unpaired) electrons. The van der Waals surface area contributed by atoms with Gasteiger partial charge in [0.05, 0.1) is 29.1 Å². The van der Waals surface area contributed by atoms with Gasteiger partial charge in [0.25, 0.3) is 11.8 Å². The molecule has 1 heterocycles. The molecule has 3 N–H and O–H groups in total. The Balaban J connectivity index is 1.87. The third-order valence-electron chi connectivity index (χ3n) is 4.37. The third kappa shape index (κ3) is 4.89. The monoisotopic (exact) mass is 423 g/mol. The quantitative estimate of drug-likeness (QED) is 0.627. The topological polar surface area (TPSA) is 132 Å². The lowest BCUT2D eigenvalue weighted by Gasteiger charge is -2.12. The fourth-order valence-corrected chi connectivity index (χ4v) is 2.92. The first-order valence-electron chi connectivity index (χ1n) is 9.43. The maximum Gasteiger partial charge on any atom is 0.335 e. The predicted molar refractivity (Wildman–Crippen MR) is 114 cm³/mol. The van der Waals surface area contributed by atoms with Gasteiger partial charge < -0.3 is 20.3 Å². The molecular weight excluding hydrogens is 402 g/mol. The number of nitrogens with two attached hydrogens (primary N) is 1. The molecular formula is C22H21N3O6. The van der Waals surface area contributed by atoms with Crippen LogP contribution in [0.4, 0.5) is 5.69 Å². The molecule has 0 saturated carbocycles. The van der Waals surface area contributed by atoms with Gasteiger partial charge in [-0.3, -0.25) is 9.59 Å². The number of hydrazone groups is 1. The normalized spacial score (nSPS) is 14.5. The number of ether oxygens (including phenoxy) is 2. The van der Waals surface area contributed by atoms with E-state index in [1.54, 1.807) is 31.2 Å². The zero-order chi connectivity index (χ0) is 22.5. The lowest BCUT2D eigenvalue weighted by atomic mass is 10.1. The van der Waals surface area contributed by atoms with Gasteiger partial charge in [0, 0.05) is 0 Å². The van der Waals surface area contributed by atoms with E-state index in [1.807, 2.05) is 6.92 Å². The van der Waals surface area contributed by atoms with Crippen LogP contribution in [-0.4, -0.2) is 41.8 Å². The number of hydrogen-bond donors (Lipinski definition) is 2. The molecule has 0 atom stereocenters. The van der Waals surface area contributed by atoms with Gasteiger partial charge in [-0.2, -0.15) is 10.1 Å². The number of benzene rings is 2. The number of rotatable bonds is 8. The summed E-state index contributed by atoms with van der Waals surface area (Å²) in [5.41, 5.74) is 7.27. The van der Waals surface area contributed by atoms with Crippen molar-refractivity contribution < 1.29 is 29.0 Å². The Kier molecular flexibility index (Phi) is 6.35. The van der Waals surface area contributed by atoms with Crippen LogP contribution in [0.2, 0.25) is 0 Å². The first kappa shape index (κ1) is 21.6. The van der Waals surface area contributed by atoms with Crippen molar-refractivity contribution in [2.45, 2.75) is 13.8 Å². The minimum atomic E-state index is -1.05. The molecule has 0 bridgehead atoms. The van der Waals surface area contributed by atoms with Crippen LogP contribution in [0.15, 0.2) is 53.1 Å². The maximum absolute atomic E-state index is 12.9. The highest BCUT2D eigenvalue weighted by molar-refractivity contribution is 6.32. The molecule has 1 aliphatic rings. The lowest BCUT2D eigenvalue weighted by Crippen LogP contribution is -2.21. The zero-order valence-electron chi connectivity index (χ0n) is 17.0. The van der Waals surface area contributed by atoms with Gasteiger partial charge >= 0.3 is 5.97 Å². The second-order valence-electron chi connectivity index (χ2n) is 6.61. The molecule has 0 saturated heterocycles. The van der Waals surface area contributed by atoms with Gasteiger partial charge in [0.15, 0.2) is 18.1 Å². The molecule has 0 fully saturated rings. The fourth-order valence-electron chi connectivity index (χ4n) is 2.92. The lowest BCUT2D eigenvalue weighted by molar-refractivity contribution is -0.120. The Morgan fingerprint density at radius 3 is 2.45 bits per heavy atom. The molecule has 31 heavy (non-hydrogen) atoms. The van der Waals surface area contributed by atoms with Crippen LogP contribution in [0.5, 0.6) is 11.5 Å². The molecule has 9 heteroatoms. The van der Waals surface area contributed by atoms with E-state index in [4.69, 9.17) is 20.3 Å². The summed E-state index contributed by atoms with van der Waals surface area (Å²) >= 11 is 0. The third-order valence-corrected chi connectivity index (χ3v) is 4.37. The van der Waals surface area contributed by atoms with E-state index >= 15 is 0 Å². The highest BCUT2D eigenvalue weighted by atomic mass is 16.5. The number of anilines is 1. The molecule has 0 aromatic heterocycles. The molecule has 0 spiro atoms. The Hall–Kier alpha value is -4.14. The van der Waals surface area contributed by atoms with E-state index in [2.05, 4.69) is 5.10 Å². The van der Waals surface area contributed by atoms with E-state index in [-0.39, 0.29) is 18.1 Å². The van der Waals surface area contributed by atoms with Crippen LogP contribution in [0.1, 0.15) is 29.8 Å². The second kappa shape index (κ2) is 9.12. The van der Waals surface area contributed by atoms with Gasteiger partial charge in [0.1, 0.15) is 0 Å². The number of carboxylic acids is 1. The SMILES string of the molecule is CCOc1cc(C=C2C(=O)N(c3ccc(C(=O)O)cc3)N=C2C)ccc1OCC(N)=O. The Bertz CT molecular complexity index is 1090. The Morgan fingerprint density at radius 1 is 1.13 bits per heavy atom. The van der Waals surface area contributed by atoms with Crippen molar-refractivity contribution in [2.24, 2.45) is 10.8 Å². The van der Waals surface area contributed by atoms with Crippen molar-refractivity contribution >= 4 is 35.3 Å². The molecule has 160 valence electrons. The van der Waals surface area contributed by atoms with Crippen LogP contribution in [0.25, 0.3) is 6.08 Å². The van der Waals surface area contributed by atoms with Crippen LogP contribution < -0.4 is 20.2 Å². The summed E-state index contributed by atoms with van der Waals surface area (Å²) in [5, 5.41) is 14.5. The summed E-state index contributed by atoms with van der Waals surface area (Å²) in [5.74, 6) is -1.21. The second-order valence-corrected chi connectivity index (χ2v) is 6.61. The molecule has 9 nitrogen and oxygen atoms in total. The van der Waals surface area contributed by atoms with E-state index < -0.39 is 11.9 Å². The summed E-state index contributed by atoms with van der Waals surface area (Å²) in [6.07, 6.45) is 1.67. The van der Waals surface area contributed by atoms with E-state index in [0.29, 0.717) is 40.6 Å². The van der Waals surface area contributed by atoms with Crippen LogP contribution in [0.3, 0.4) is 0 Å². The van der Waals surface area contributed by atoms with E-state index in [0.717, 1.165) is 0 Å². The smallest absolute Gasteiger partial charge is 0.335 e. The summed E-state index contributed by atoms with van der Waals surface area (Å²) in [6, 6.07) is 10.9. The van der Waals surface area contributed by atoms with Crippen molar-refractivity contribution in [1.82, 2.24) is 0 Å². The molecule has 2 aromatic rings. The molecule has 1 aliphatic heterocycles. The summed E-state index contributed by atoms with van der Waals surface area (Å²) < 4.78 is 10.9. The van der Waals surface area contributed by atoms with Gasteiger partial charge in [-0.05, 0) is 61.9 Å². The molecule has 0 unspecified atom stereocenters. The fraction of sp³-hybridized carbons (Fsp3) is 0.182. The first-order chi connectivity index (χ1) is 14.8. The Labute approximate surface area is 178 Å². The molecule has 2 amide bonds. The minimum absolute atomic E-state index is 0.119. The minimum Gasteiger partial charge on any atom is -0.490 e. The van der Waals surface area contributed by atoms with Crippen molar-refractivity contribution in [3.8, 4) is 11.5 Å². The molecule has 2 aromatic carbocycles. The van der Waals surface area contributed by atoms with Crippen molar-refractivity contribution in [1.29, 1.82) is 0 Å². The molecule has 3 rings (SSSR count). The summed E-state index contributed by atoms with van der Waals surface area (Å²) in [4.78, 5) is 34.9. The van der Waals surface area contributed by atoms with Crippen molar-refractivity contribution in [3.05, 3.63) is 59.2 Å². The molecule has 0 aliphatic carbocycles. The first-order valence-corrected chi connectivity index (χ1v) is 9.43. The number of nitrogens with zero attached hydrogens (tertiary/aromatic N) is 2. The zero-order valence-corrected chi connectivity index (χ0v) is 17.0. The largest absolute Gasteiger partial charge is 0.490 e. The number of primary amides is 1. The van der Waals surface area contributed by atoms with Crippen LogP contribution >= 0.6 is 0 Å². The number of carboxylic acid groups (broad SMARTS) is 1. The van der Waals surface area contributed by atoms with Crippen molar-refractivity contribution in [3.63, 3.8) is 0 Å². The number of carbonyl (C=O) groups excluding carboxylic acids is 2. The van der Waals surface area contributed by atoms with Crippen LogP contribution in [0, 0.1) is 0 Å². The number of aromatic carboxylic acids is 1. The van der Waals surface area contributed by atoms with Gasteiger partial charge in [-0.25, -0.2) is 4.79 Å². The van der Waals surface area contributed by atoms with Gasteiger partial charge in [-0.15, -0.1) is 0 Å².